The standard InChI is InChI=1S/C14H8F6N2O/c15-13(16,17)10-2-1-9(7-11(10)14(18,19)20)22-12(23)8-3-5-21-6-4-8/h1-7H,(H,22,23). The van der Waals surface area contributed by atoms with Crippen molar-refractivity contribution in [1.82, 2.24) is 4.98 Å². The van der Waals surface area contributed by atoms with Gasteiger partial charge in [-0.15, -0.1) is 0 Å². The Morgan fingerprint density at radius 3 is 1.96 bits per heavy atom. The summed E-state index contributed by atoms with van der Waals surface area (Å²) in [6.45, 7) is 0. The molecular formula is C14H8F6N2O. The molecule has 9 heteroatoms. The molecule has 1 aromatic heterocycles. The third-order valence-corrected chi connectivity index (χ3v) is 2.83. The maximum Gasteiger partial charge on any atom is 0.417 e. The molecule has 1 aromatic carbocycles. The number of nitrogens with zero attached hydrogens (tertiary/aromatic N) is 1. The highest BCUT2D eigenvalue weighted by atomic mass is 19.4. The number of nitrogens with one attached hydrogen (secondary N) is 1. The van der Waals surface area contributed by atoms with Crippen molar-refractivity contribution in [2.75, 3.05) is 5.32 Å². The first kappa shape index (κ1) is 16.8. The number of amides is 1. The van der Waals surface area contributed by atoms with E-state index in [4.69, 9.17) is 0 Å². The maximum atomic E-state index is 12.8. The van der Waals surface area contributed by atoms with Crippen LogP contribution in [-0.2, 0) is 12.4 Å². The van der Waals surface area contributed by atoms with Crippen molar-refractivity contribution >= 4 is 11.6 Å². The molecule has 0 aliphatic heterocycles. The van der Waals surface area contributed by atoms with E-state index in [1.165, 1.54) is 24.5 Å². The van der Waals surface area contributed by atoms with Crippen LogP contribution in [0.3, 0.4) is 0 Å². The number of carbonyl (C=O) groups is 1. The third-order valence-electron chi connectivity index (χ3n) is 2.83. The number of alkyl halides is 6. The van der Waals surface area contributed by atoms with Gasteiger partial charge >= 0.3 is 12.4 Å². The van der Waals surface area contributed by atoms with Gasteiger partial charge in [0.1, 0.15) is 0 Å². The second-order valence-corrected chi connectivity index (χ2v) is 4.45. The molecule has 122 valence electrons. The van der Waals surface area contributed by atoms with Crippen molar-refractivity contribution in [3.05, 3.63) is 59.4 Å². The van der Waals surface area contributed by atoms with Gasteiger partial charge in [0.2, 0.25) is 0 Å². The first-order chi connectivity index (χ1) is 10.6. The molecule has 23 heavy (non-hydrogen) atoms. The Labute approximate surface area is 126 Å². The van der Waals surface area contributed by atoms with Gasteiger partial charge < -0.3 is 5.32 Å². The zero-order valence-corrected chi connectivity index (χ0v) is 11.2. The summed E-state index contributed by atoms with van der Waals surface area (Å²) in [6.07, 6.45) is -7.77. The lowest BCUT2D eigenvalue weighted by atomic mass is 10.1. The Hall–Kier alpha value is -2.58. The van der Waals surface area contributed by atoms with Crippen molar-refractivity contribution in [2.45, 2.75) is 12.4 Å². The minimum atomic E-state index is -5.21. The second-order valence-electron chi connectivity index (χ2n) is 4.45. The monoisotopic (exact) mass is 334 g/mol. The molecule has 2 aromatic rings. The van der Waals surface area contributed by atoms with E-state index < -0.39 is 35.1 Å². The summed E-state index contributed by atoms with van der Waals surface area (Å²) in [5, 5.41) is 2.12. The van der Waals surface area contributed by atoms with Crippen LogP contribution in [-0.4, -0.2) is 10.9 Å². The van der Waals surface area contributed by atoms with Gasteiger partial charge in [0, 0.05) is 23.6 Å². The fourth-order valence-corrected chi connectivity index (χ4v) is 1.81. The Balaban J connectivity index is 2.37. The number of aromatic nitrogens is 1. The smallest absolute Gasteiger partial charge is 0.322 e. The predicted molar refractivity (Wildman–Crippen MR) is 68.6 cm³/mol. The van der Waals surface area contributed by atoms with Crippen LogP contribution < -0.4 is 5.32 Å². The lowest BCUT2D eigenvalue weighted by molar-refractivity contribution is -0.162. The highest BCUT2D eigenvalue weighted by Crippen LogP contribution is 2.41. The zero-order valence-electron chi connectivity index (χ0n) is 11.2. The molecule has 0 unspecified atom stereocenters. The molecule has 1 N–H and O–H groups in total. The number of rotatable bonds is 2. The van der Waals surface area contributed by atoms with Crippen LogP contribution in [0.4, 0.5) is 32.0 Å². The third kappa shape index (κ3) is 3.99. The average Bonchev–Trinajstić information content (AvgIpc) is 2.46. The largest absolute Gasteiger partial charge is 0.417 e. The van der Waals surface area contributed by atoms with Gasteiger partial charge in [0.25, 0.3) is 5.91 Å². The first-order valence-corrected chi connectivity index (χ1v) is 6.09. The van der Waals surface area contributed by atoms with Crippen molar-refractivity contribution < 1.29 is 31.1 Å². The summed E-state index contributed by atoms with van der Waals surface area (Å²) >= 11 is 0. The van der Waals surface area contributed by atoms with E-state index in [0.717, 1.165) is 6.07 Å². The Morgan fingerprint density at radius 1 is 0.870 bits per heavy atom. The summed E-state index contributed by atoms with van der Waals surface area (Å²) in [4.78, 5) is 15.5. The SMILES string of the molecule is O=C(Nc1ccc(C(F)(F)F)c(C(F)(F)F)c1)c1ccncc1. The number of hydrogen-bond donors (Lipinski definition) is 1. The predicted octanol–water partition coefficient (Wildman–Crippen LogP) is 4.37. The summed E-state index contributed by atoms with van der Waals surface area (Å²) < 4.78 is 76.3. The molecule has 1 amide bonds. The van der Waals surface area contributed by atoms with Gasteiger partial charge in [0.05, 0.1) is 11.1 Å². The van der Waals surface area contributed by atoms with Gasteiger partial charge in [-0.3, -0.25) is 9.78 Å². The number of pyridine rings is 1. The van der Waals surface area contributed by atoms with E-state index in [9.17, 15) is 31.1 Å². The average molecular weight is 334 g/mol. The molecule has 0 spiro atoms. The van der Waals surface area contributed by atoms with Gasteiger partial charge in [-0.05, 0) is 30.3 Å². The van der Waals surface area contributed by atoms with E-state index in [-0.39, 0.29) is 17.7 Å². The molecule has 3 nitrogen and oxygen atoms in total. The number of halogens is 6. The minimum Gasteiger partial charge on any atom is -0.322 e. The first-order valence-electron chi connectivity index (χ1n) is 6.09. The minimum absolute atomic E-state index is 0.105. The highest BCUT2D eigenvalue weighted by molar-refractivity contribution is 6.04. The summed E-state index contributed by atoms with van der Waals surface area (Å²) in [6, 6.07) is 3.91. The molecule has 0 bridgehead atoms. The number of carbonyl (C=O) groups excluding carboxylic acids is 1. The van der Waals surface area contributed by atoms with E-state index in [1.54, 1.807) is 0 Å². The van der Waals surface area contributed by atoms with Crippen LogP contribution in [0.5, 0.6) is 0 Å². The second kappa shape index (κ2) is 5.90. The van der Waals surface area contributed by atoms with Gasteiger partial charge in [-0.1, -0.05) is 0 Å². The Morgan fingerprint density at radius 2 is 1.43 bits per heavy atom. The van der Waals surface area contributed by atoms with E-state index in [1.807, 2.05) is 0 Å². The van der Waals surface area contributed by atoms with Crippen molar-refractivity contribution in [3.63, 3.8) is 0 Å². The van der Waals surface area contributed by atoms with E-state index in [2.05, 4.69) is 10.3 Å². The summed E-state index contributed by atoms with van der Waals surface area (Å²) in [5.41, 5.74) is -3.97. The molecule has 0 aliphatic rings. The number of hydrogen-bond acceptors (Lipinski definition) is 2. The van der Waals surface area contributed by atoms with Crippen molar-refractivity contribution in [2.24, 2.45) is 0 Å². The summed E-state index contributed by atoms with van der Waals surface area (Å²) in [5.74, 6) is -0.764. The van der Waals surface area contributed by atoms with Gasteiger partial charge in [0.15, 0.2) is 0 Å². The molecule has 1 heterocycles. The summed E-state index contributed by atoms with van der Waals surface area (Å²) in [7, 11) is 0. The molecule has 0 atom stereocenters. The normalized spacial score (nSPS) is 12.1. The van der Waals surface area contributed by atoms with Crippen molar-refractivity contribution in [3.8, 4) is 0 Å². The molecule has 0 saturated heterocycles. The molecule has 2 rings (SSSR count). The fraction of sp³-hybridized carbons (Fsp3) is 0.143. The maximum absolute atomic E-state index is 12.8. The highest BCUT2D eigenvalue weighted by Gasteiger charge is 2.43. The molecular weight excluding hydrogens is 326 g/mol. The van der Waals surface area contributed by atoms with E-state index in [0.29, 0.717) is 0 Å². The number of benzene rings is 1. The molecule has 0 fully saturated rings. The molecule has 0 aliphatic carbocycles. The molecule has 0 radical (unpaired) electrons. The van der Waals surface area contributed by atoms with E-state index >= 15 is 0 Å². The lowest BCUT2D eigenvalue weighted by Gasteiger charge is -2.16. The Bertz CT molecular complexity index is 709. The lowest BCUT2D eigenvalue weighted by Crippen LogP contribution is -2.18. The van der Waals surface area contributed by atoms with Crippen LogP contribution in [0, 0.1) is 0 Å². The van der Waals surface area contributed by atoms with Crippen molar-refractivity contribution in [1.29, 1.82) is 0 Å². The van der Waals surface area contributed by atoms with Gasteiger partial charge in [-0.25, -0.2) is 0 Å². The van der Waals surface area contributed by atoms with Crippen LogP contribution >= 0.6 is 0 Å². The topological polar surface area (TPSA) is 42.0 Å². The van der Waals surface area contributed by atoms with Crippen LogP contribution in [0.15, 0.2) is 42.7 Å². The Kier molecular flexibility index (Phi) is 4.31. The van der Waals surface area contributed by atoms with Crippen LogP contribution in [0.25, 0.3) is 0 Å². The molecule has 0 saturated carbocycles. The number of anilines is 1. The quantitative estimate of drug-likeness (QED) is 0.829. The van der Waals surface area contributed by atoms with Crippen LogP contribution in [0.2, 0.25) is 0 Å². The fourth-order valence-electron chi connectivity index (χ4n) is 1.81. The van der Waals surface area contributed by atoms with Gasteiger partial charge in [-0.2, -0.15) is 26.3 Å². The zero-order chi connectivity index (χ0) is 17.3. The van der Waals surface area contributed by atoms with Crippen LogP contribution in [0.1, 0.15) is 21.5 Å².